The second-order valence-electron chi connectivity index (χ2n) is 5.67. The van der Waals surface area contributed by atoms with Crippen LogP contribution in [0, 0.1) is 5.92 Å². The van der Waals surface area contributed by atoms with Crippen molar-refractivity contribution in [2.45, 2.75) is 37.8 Å². The number of rotatable bonds is 6. The fraction of sp³-hybridized carbons (Fsp3) is 0.833. The van der Waals surface area contributed by atoms with Crippen molar-refractivity contribution in [2.24, 2.45) is 5.92 Å². The highest BCUT2D eigenvalue weighted by atomic mass is 16.5. The summed E-state index contributed by atoms with van der Waals surface area (Å²) in [6, 6.07) is 0. The smallest absolute Gasteiger partial charge is 0.329 e. The van der Waals surface area contributed by atoms with Crippen LogP contribution in [0.5, 0.6) is 0 Å². The average Bonchev–Trinajstić information content (AvgIpc) is 3.07. The summed E-state index contributed by atoms with van der Waals surface area (Å²) in [5.74, 6) is -1.30. The molecular formula is C12H20N2O4. The summed E-state index contributed by atoms with van der Waals surface area (Å²) in [6.07, 6.45) is 1.71. The molecule has 0 aromatic heterocycles. The molecule has 1 saturated heterocycles. The molecule has 0 aromatic carbocycles. The zero-order valence-electron chi connectivity index (χ0n) is 10.8. The monoisotopic (exact) mass is 256 g/mol. The Morgan fingerprint density at radius 3 is 2.50 bits per heavy atom. The van der Waals surface area contributed by atoms with Crippen molar-refractivity contribution in [1.29, 1.82) is 0 Å². The fourth-order valence-corrected chi connectivity index (χ4v) is 2.14. The highest BCUT2D eigenvalue weighted by Gasteiger charge is 2.48. The second-order valence-corrected chi connectivity index (χ2v) is 5.67. The summed E-state index contributed by atoms with van der Waals surface area (Å²) in [7, 11) is 0. The third-order valence-electron chi connectivity index (χ3n) is 3.79. The van der Waals surface area contributed by atoms with Crippen LogP contribution in [0.4, 0.5) is 0 Å². The molecule has 1 aliphatic carbocycles. The number of carboxylic acid groups (broad SMARTS) is 1. The maximum atomic E-state index is 11.8. The Hall–Kier alpha value is -1.14. The van der Waals surface area contributed by atoms with Gasteiger partial charge in [-0.25, -0.2) is 4.79 Å². The highest BCUT2D eigenvalue weighted by molar-refractivity contribution is 5.87. The second kappa shape index (κ2) is 4.51. The SMILES string of the molecule is CC1(OCC(=O)NC(C)(C(=O)O)C2CC2)CNC1. The molecule has 1 aliphatic heterocycles. The lowest BCUT2D eigenvalue weighted by Crippen LogP contribution is -2.60. The Bertz CT molecular complexity index is 363. The number of nitrogens with one attached hydrogen (secondary N) is 2. The van der Waals surface area contributed by atoms with Crippen molar-refractivity contribution in [1.82, 2.24) is 10.6 Å². The van der Waals surface area contributed by atoms with E-state index in [4.69, 9.17) is 4.74 Å². The molecule has 1 amide bonds. The van der Waals surface area contributed by atoms with Crippen molar-refractivity contribution in [2.75, 3.05) is 19.7 Å². The normalized spacial score (nSPS) is 24.8. The predicted molar refractivity (Wildman–Crippen MR) is 64.1 cm³/mol. The van der Waals surface area contributed by atoms with Gasteiger partial charge in [0.25, 0.3) is 0 Å². The van der Waals surface area contributed by atoms with Crippen LogP contribution in [-0.2, 0) is 14.3 Å². The van der Waals surface area contributed by atoms with Gasteiger partial charge < -0.3 is 20.5 Å². The molecule has 6 heteroatoms. The minimum atomic E-state index is -1.15. The lowest BCUT2D eigenvalue weighted by molar-refractivity contribution is -0.150. The van der Waals surface area contributed by atoms with E-state index in [0.717, 1.165) is 25.9 Å². The van der Waals surface area contributed by atoms with E-state index in [0.29, 0.717) is 0 Å². The summed E-state index contributed by atoms with van der Waals surface area (Å²) in [6.45, 7) is 4.84. The Labute approximate surface area is 106 Å². The zero-order chi connectivity index (χ0) is 13.4. The van der Waals surface area contributed by atoms with Gasteiger partial charge >= 0.3 is 5.97 Å². The van der Waals surface area contributed by atoms with E-state index in [2.05, 4.69) is 10.6 Å². The van der Waals surface area contributed by atoms with Crippen molar-refractivity contribution in [3.63, 3.8) is 0 Å². The summed E-state index contributed by atoms with van der Waals surface area (Å²) in [4.78, 5) is 23.0. The van der Waals surface area contributed by atoms with Gasteiger partial charge in [0.15, 0.2) is 0 Å². The number of carboxylic acids is 1. The highest BCUT2D eigenvalue weighted by Crippen LogP contribution is 2.39. The van der Waals surface area contributed by atoms with E-state index >= 15 is 0 Å². The predicted octanol–water partition coefficient (Wildman–Crippen LogP) is -0.266. The van der Waals surface area contributed by atoms with Crippen molar-refractivity contribution in [3.05, 3.63) is 0 Å². The maximum absolute atomic E-state index is 11.8. The topological polar surface area (TPSA) is 87.7 Å². The molecule has 6 nitrogen and oxygen atoms in total. The molecular weight excluding hydrogens is 236 g/mol. The van der Waals surface area contributed by atoms with Crippen molar-refractivity contribution in [3.8, 4) is 0 Å². The van der Waals surface area contributed by atoms with Crippen LogP contribution in [0.25, 0.3) is 0 Å². The first kappa shape index (κ1) is 13.3. The lowest BCUT2D eigenvalue weighted by Gasteiger charge is -2.39. The Kier molecular flexibility index (Phi) is 3.33. The van der Waals surface area contributed by atoms with Gasteiger partial charge in [-0.2, -0.15) is 0 Å². The standard InChI is InChI=1S/C12H20N2O4/c1-11(6-13-7-11)18-5-9(15)14-12(2,10(16)17)8-3-4-8/h8,13H,3-7H2,1-2H3,(H,14,15)(H,16,17). The number of hydrogen-bond acceptors (Lipinski definition) is 4. The van der Waals surface area contributed by atoms with Gasteiger partial charge in [-0.05, 0) is 32.6 Å². The maximum Gasteiger partial charge on any atom is 0.329 e. The van der Waals surface area contributed by atoms with Crippen LogP contribution in [0.3, 0.4) is 0 Å². The summed E-state index contributed by atoms with van der Waals surface area (Å²) >= 11 is 0. The number of ether oxygens (including phenoxy) is 1. The largest absolute Gasteiger partial charge is 0.480 e. The minimum absolute atomic E-state index is 0.0416. The van der Waals surface area contributed by atoms with Crippen LogP contribution in [0.2, 0.25) is 0 Å². The molecule has 0 spiro atoms. The van der Waals surface area contributed by atoms with Gasteiger partial charge in [0.2, 0.25) is 5.91 Å². The Morgan fingerprint density at radius 2 is 2.11 bits per heavy atom. The molecule has 18 heavy (non-hydrogen) atoms. The van der Waals surface area contributed by atoms with E-state index in [1.54, 1.807) is 6.92 Å². The van der Waals surface area contributed by atoms with Crippen LogP contribution < -0.4 is 10.6 Å². The number of aliphatic carboxylic acids is 1. The summed E-state index contributed by atoms with van der Waals surface area (Å²) in [5, 5.41) is 14.9. The summed E-state index contributed by atoms with van der Waals surface area (Å²) in [5.41, 5.74) is -1.45. The number of amides is 1. The van der Waals surface area contributed by atoms with Crippen molar-refractivity contribution < 1.29 is 19.4 Å². The third kappa shape index (κ3) is 2.64. The molecule has 1 saturated carbocycles. The molecule has 1 atom stereocenters. The van der Waals surface area contributed by atoms with Gasteiger partial charge in [-0.1, -0.05) is 0 Å². The van der Waals surface area contributed by atoms with Gasteiger partial charge in [-0.15, -0.1) is 0 Å². The minimum Gasteiger partial charge on any atom is -0.480 e. The van der Waals surface area contributed by atoms with Crippen LogP contribution in [0.15, 0.2) is 0 Å². The van der Waals surface area contributed by atoms with E-state index in [9.17, 15) is 14.7 Å². The molecule has 2 rings (SSSR count). The molecule has 2 fully saturated rings. The summed E-state index contributed by atoms with van der Waals surface area (Å²) < 4.78 is 5.49. The Morgan fingerprint density at radius 1 is 1.50 bits per heavy atom. The van der Waals surface area contributed by atoms with Gasteiger partial charge in [0.1, 0.15) is 12.1 Å². The van der Waals surface area contributed by atoms with Gasteiger partial charge in [-0.3, -0.25) is 4.79 Å². The molecule has 1 unspecified atom stereocenters. The van der Waals surface area contributed by atoms with E-state index in [-0.39, 0.29) is 24.0 Å². The first-order valence-corrected chi connectivity index (χ1v) is 6.25. The fourth-order valence-electron chi connectivity index (χ4n) is 2.14. The molecule has 1 heterocycles. The van der Waals surface area contributed by atoms with Crippen LogP contribution in [-0.4, -0.2) is 47.8 Å². The first-order chi connectivity index (χ1) is 8.36. The molecule has 0 bridgehead atoms. The van der Waals surface area contributed by atoms with E-state index in [1.807, 2.05) is 6.92 Å². The average molecular weight is 256 g/mol. The number of carbonyl (C=O) groups is 2. The zero-order valence-corrected chi connectivity index (χ0v) is 10.8. The number of hydrogen-bond donors (Lipinski definition) is 3. The quantitative estimate of drug-likeness (QED) is 0.609. The number of carbonyl (C=O) groups excluding carboxylic acids is 1. The van der Waals surface area contributed by atoms with Gasteiger partial charge in [0, 0.05) is 13.1 Å². The van der Waals surface area contributed by atoms with Crippen molar-refractivity contribution >= 4 is 11.9 Å². The van der Waals surface area contributed by atoms with Gasteiger partial charge in [0.05, 0.1) is 5.60 Å². The van der Waals surface area contributed by atoms with Crippen LogP contribution in [0.1, 0.15) is 26.7 Å². The molecule has 2 aliphatic rings. The molecule has 3 N–H and O–H groups in total. The van der Waals surface area contributed by atoms with E-state index < -0.39 is 11.5 Å². The molecule has 102 valence electrons. The first-order valence-electron chi connectivity index (χ1n) is 6.25. The molecule has 0 radical (unpaired) electrons. The van der Waals surface area contributed by atoms with E-state index in [1.165, 1.54) is 0 Å². The molecule has 0 aromatic rings. The third-order valence-corrected chi connectivity index (χ3v) is 3.79. The van der Waals surface area contributed by atoms with Crippen LogP contribution >= 0.6 is 0 Å². The Balaban J connectivity index is 1.83. The lowest BCUT2D eigenvalue weighted by atomic mass is 9.96.